The van der Waals surface area contributed by atoms with Crippen molar-refractivity contribution in [3.63, 3.8) is 0 Å². The summed E-state index contributed by atoms with van der Waals surface area (Å²) in [5.74, 6) is 0.213. The number of rotatable bonds is 6. The molecule has 1 N–H and O–H groups in total. The first-order valence-corrected chi connectivity index (χ1v) is 6.89. The van der Waals surface area contributed by atoms with Crippen molar-refractivity contribution in [2.24, 2.45) is 0 Å². The highest BCUT2D eigenvalue weighted by molar-refractivity contribution is 5.75. The van der Waals surface area contributed by atoms with Gasteiger partial charge in [-0.3, -0.25) is 14.3 Å². The molecular weight excluding hydrogens is 272 g/mol. The Hall–Kier alpha value is -2.51. The van der Waals surface area contributed by atoms with E-state index in [0.717, 1.165) is 18.5 Å². The van der Waals surface area contributed by atoms with Crippen LogP contribution < -0.4 is 10.9 Å². The van der Waals surface area contributed by atoms with Gasteiger partial charge in [0.2, 0.25) is 5.91 Å². The molecule has 3 rings (SSSR count). The van der Waals surface area contributed by atoms with Crippen LogP contribution >= 0.6 is 0 Å². The van der Waals surface area contributed by atoms with Gasteiger partial charge in [-0.05, 0) is 18.9 Å². The molecule has 0 radical (unpaired) electrons. The molecule has 0 unspecified atom stereocenters. The van der Waals surface area contributed by atoms with Gasteiger partial charge >= 0.3 is 0 Å². The number of hydrogen-bond acceptors (Lipinski definition) is 5. The summed E-state index contributed by atoms with van der Waals surface area (Å²) < 4.78 is 2.84. The van der Waals surface area contributed by atoms with Crippen LogP contribution in [0.4, 0.5) is 0 Å². The number of amides is 1. The highest BCUT2D eigenvalue weighted by Gasteiger charge is 2.25. The van der Waals surface area contributed by atoms with E-state index in [-0.39, 0.29) is 18.0 Å². The average Bonchev–Trinajstić information content (AvgIpc) is 3.19. The fourth-order valence-corrected chi connectivity index (χ4v) is 2.02. The number of carbonyl (C=O) groups excluding carboxylic acids is 1. The van der Waals surface area contributed by atoms with Crippen LogP contribution in [0.1, 0.15) is 24.5 Å². The van der Waals surface area contributed by atoms with Crippen LogP contribution in [0.5, 0.6) is 0 Å². The Balaban J connectivity index is 1.54. The molecule has 1 aliphatic rings. The summed E-state index contributed by atoms with van der Waals surface area (Å²) in [6.07, 6.45) is 5.23. The summed E-state index contributed by atoms with van der Waals surface area (Å²) in [4.78, 5) is 27.4. The van der Waals surface area contributed by atoms with E-state index in [4.69, 9.17) is 0 Å². The molecule has 1 fully saturated rings. The molecule has 2 heterocycles. The number of aromatic nitrogens is 5. The summed E-state index contributed by atoms with van der Waals surface area (Å²) >= 11 is 0. The molecule has 1 saturated carbocycles. The Morgan fingerprint density at radius 3 is 2.95 bits per heavy atom. The Kier molecular flexibility index (Phi) is 3.76. The van der Waals surface area contributed by atoms with E-state index in [9.17, 15) is 9.59 Å². The molecule has 0 aliphatic heterocycles. The Morgan fingerprint density at radius 1 is 1.38 bits per heavy atom. The third-order valence-corrected chi connectivity index (χ3v) is 3.31. The molecule has 0 saturated heterocycles. The molecule has 21 heavy (non-hydrogen) atoms. The van der Waals surface area contributed by atoms with Crippen molar-refractivity contribution in [3.05, 3.63) is 40.8 Å². The molecule has 0 bridgehead atoms. The molecule has 2 aromatic rings. The van der Waals surface area contributed by atoms with Crippen LogP contribution in [0.25, 0.3) is 0 Å². The summed E-state index contributed by atoms with van der Waals surface area (Å²) in [6, 6.07) is 3.22. The van der Waals surface area contributed by atoms with Gasteiger partial charge in [0.05, 0.1) is 12.2 Å². The molecule has 1 aliphatic carbocycles. The second-order valence-corrected chi connectivity index (χ2v) is 5.04. The van der Waals surface area contributed by atoms with Crippen molar-refractivity contribution in [1.29, 1.82) is 0 Å². The van der Waals surface area contributed by atoms with Crippen LogP contribution in [0, 0.1) is 0 Å². The normalized spacial score (nSPS) is 14.1. The minimum absolute atomic E-state index is 0.0588. The molecule has 8 heteroatoms. The Labute approximate surface area is 120 Å². The van der Waals surface area contributed by atoms with E-state index >= 15 is 0 Å². The van der Waals surface area contributed by atoms with Crippen LogP contribution in [-0.4, -0.2) is 37.0 Å². The third kappa shape index (κ3) is 3.53. The summed E-state index contributed by atoms with van der Waals surface area (Å²) in [5, 5.41) is 10.9. The minimum atomic E-state index is -0.258. The summed E-state index contributed by atoms with van der Waals surface area (Å²) in [7, 11) is 0. The average molecular weight is 288 g/mol. The van der Waals surface area contributed by atoms with E-state index in [1.54, 1.807) is 17.1 Å². The minimum Gasteiger partial charge on any atom is -0.353 e. The van der Waals surface area contributed by atoms with E-state index < -0.39 is 0 Å². The van der Waals surface area contributed by atoms with Crippen molar-refractivity contribution >= 4 is 5.91 Å². The van der Waals surface area contributed by atoms with Gasteiger partial charge in [0.1, 0.15) is 19.2 Å². The lowest BCUT2D eigenvalue weighted by Crippen LogP contribution is -2.35. The third-order valence-electron chi connectivity index (χ3n) is 3.31. The van der Waals surface area contributed by atoms with Crippen LogP contribution in [0.15, 0.2) is 29.6 Å². The predicted octanol–water partition coefficient (Wildman–Crippen LogP) is -0.471. The monoisotopic (exact) mass is 288 g/mol. The van der Waals surface area contributed by atoms with Crippen molar-refractivity contribution in [3.8, 4) is 0 Å². The smallest absolute Gasteiger partial charge is 0.267 e. The molecule has 110 valence electrons. The van der Waals surface area contributed by atoms with Gasteiger partial charge < -0.3 is 5.32 Å². The van der Waals surface area contributed by atoms with Crippen LogP contribution in [0.3, 0.4) is 0 Å². The standard InChI is InChI=1S/C13H16N6O2/c20-12(15-5-6-18-9-14-8-16-18)7-19-13(21)4-3-11(17-19)10-1-2-10/h3-4,8-10H,1-2,5-7H2,(H,15,20). The van der Waals surface area contributed by atoms with Crippen molar-refractivity contribution < 1.29 is 4.79 Å². The molecular formula is C13H16N6O2. The van der Waals surface area contributed by atoms with Gasteiger partial charge in [0.25, 0.3) is 5.56 Å². The zero-order chi connectivity index (χ0) is 14.7. The fraction of sp³-hybridized carbons (Fsp3) is 0.462. The first kappa shape index (κ1) is 13.5. The Bertz CT molecular complexity index is 674. The van der Waals surface area contributed by atoms with Gasteiger partial charge in [-0.1, -0.05) is 0 Å². The van der Waals surface area contributed by atoms with E-state index in [1.807, 2.05) is 0 Å². The molecule has 0 atom stereocenters. The maximum Gasteiger partial charge on any atom is 0.267 e. The van der Waals surface area contributed by atoms with Crippen molar-refractivity contribution in [2.75, 3.05) is 6.54 Å². The summed E-state index contributed by atoms with van der Waals surface area (Å²) in [6.45, 7) is 0.909. The van der Waals surface area contributed by atoms with Gasteiger partial charge in [-0.2, -0.15) is 10.2 Å². The first-order chi connectivity index (χ1) is 10.2. The second kappa shape index (κ2) is 5.86. The quantitative estimate of drug-likeness (QED) is 0.775. The maximum absolute atomic E-state index is 11.8. The van der Waals surface area contributed by atoms with E-state index in [0.29, 0.717) is 19.0 Å². The largest absolute Gasteiger partial charge is 0.353 e. The fourth-order valence-electron chi connectivity index (χ4n) is 2.02. The zero-order valence-electron chi connectivity index (χ0n) is 11.5. The predicted molar refractivity (Wildman–Crippen MR) is 73.5 cm³/mol. The van der Waals surface area contributed by atoms with Gasteiger partial charge in [-0.25, -0.2) is 9.67 Å². The highest BCUT2D eigenvalue weighted by Crippen LogP contribution is 2.38. The first-order valence-electron chi connectivity index (χ1n) is 6.89. The number of nitrogens with one attached hydrogen (secondary N) is 1. The number of hydrogen-bond donors (Lipinski definition) is 1. The summed E-state index contributed by atoms with van der Waals surface area (Å²) in [5.41, 5.74) is 0.635. The lowest BCUT2D eigenvalue weighted by Gasteiger charge is -2.07. The second-order valence-electron chi connectivity index (χ2n) is 5.04. The van der Waals surface area contributed by atoms with Crippen LogP contribution in [-0.2, 0) is 17.9 Å². The van der Waals surface area contributed by atoms with Gasteiger partial charge in [-0.15, -0.1) is 0 Å². The highest BCUT2D eigenvalue weighted by atomic mass is 16.2. The van der Waals surface area contributed by atoms with Gasteiger partial charge in [0.15, 0.2) is 0 Å². The molecule has 8 nitrogen and oxygen atoms in total. The topological polar surface area (TPSA) is 94.7 Å². The van der Waals surface area contributed by atoms with E-state index in [1.165, 1.54) is 17.1 Å². The van der Waals surface area contributed by atoms with E-state index in [2.05, 4.69) is 20.5 Å². The number of nitrogens with zero attached hydrogens (tertiary/aromatic N) is 5. The SMILES string of the molecule is O=C(Cn1nc(C2CC2)ccc1=O)NCCn1cncn1. The zero-order valence-corrected chi connectivity index (χ0v) is 11.5. The van der Waals surface area contributed by atoms with Crippen molar-refractivity contribution in [2.45, 2.75) is 31.8 Å². The number of carbonyl (C=O) groups is 1. The van der Waals surface area contributed by atoms with Crippen molar-refractivity contribution in [1.82, 2.24) is 29.9 Å². The maximum atomic E-state index is 11.8. The lowest BCUT2D eigenvalue weighted by atomic mass is 10.3. The lowest BCUT2D eigenvalue weighted by molar-refractivity contribution is -0.121. The molecule has 0 aromatic carbocycles. The Morgan fingerprint density at radius 2 is 2.24 bits per heavy atom. The van der Waals surface area contributed by atoms with Gasteiger partial charge in [0, 0.05) is 18.5 Å². The molecule has 0 spiro atoms. The van der Waals surface area contributed by atoms with Crippen LogP contribution in [0.2, 0.25) is 0 Å². The molecule has 1 amide bonds. The molecule has 2 aromatic heterocycles.